The summed E-state index contributed by atoms with van der Waals surface area (Å²) >= 11 is 1.02. The third kappa shape index (κ3) is 3.09. The number of oxime groups is 1. The highest BCUT2D eigenvalue weighted by Crippen LogP contribution is 1.98. The number of hydrogen-bond donors (Lipinski definition) is 4. The van der Waals surface area contributed by atoms with Crippen LogP contribution in [0.5, 0.6) is 0 Å². The van der Waals surface area contributed by atoms with Crippen molar-refractivity contribution in [3.63, 3.8) is 0 Å². The Morgan fingerprint density at radius 1 is 1.81 bits per heavy atom. The third-order valence-electron chi connectivity index (χ3n) is 1.98. The zero-order valence-electron chi connectivity index (χ0n) is 8.56. The van der Waals surface area contributed by atoms with Gasteiger partial charge in [-0.25, -0.2) is 0 Å². The largest absolute Gasteiger partial charge is 0.409 e. The average molecular weight is 244 g/mol. The van der Waals surface area contributed by atoms with Crippen LogP contribution in [0.1, 0.15) is 12.6 Å². The van der Waals surface area contributed by atoms with Gasteiger partial charge in [0.05, 0.1) is 12.5 Å². The van der Waals surface area contributed by atoms with Crippen LogP contribution in [0.3, 0.4) is 0 Å². The second kappa shape index (κ2) is 5.31. The molecule has 0 spiro atoms. The minimum Gasteiger partial charge on any atom is -0.409 e. The zero-order chi connectivity index (χ0) is 12.1. The number of amides is 1. The highest BCUT2D eigenvalue weighted by atomic mass is 32.1. The van der Waals surface area contributed by atoms with E-state index < -0.39 is 5.92 Å². The third-order valence-corrected chi connectivity index (χ3v) is 2.69. The van der Waals surface area contributed by atoms with Crippen molar-refractivity contribution in [3.8, 4) is 0 Å². The Morgan fingerprint density at radius 2 is 2.50 bits per heavy atom. The number of nitrogens with two attached hydrogens (primary N) is 1. The molecule has 0 aliphatic heterocycles. The number of amidine groups is 1. The van der Waals surface area contributed by atoms with E-state index in [9.17, 15) is 9.59 Å². The Bertz CT molecular complexity index is 450. The molecule has 1 atom stereocenters. The lowest BCUT2D eigenvalue weighted by Gasteiger charge is -2.09. The van der Waals surface area contributed by atoms with Crippen LogP contribution in [0.2, 0.25) is 0 Å². The van der Waals surface area contributed by atoms with Gasteiger partial charge in [0.25, 0.3) is 0 Å². The molecule has 1 aromatic heterocycles. The van der Waals surface area contributed by atoms with Gasteiger partial charge >= 0.3 is 4.87 Å². The summed E-state index contributed by atoms with van der Waals surface area (Å²) in [5, 5.41) is 15.3. The van der Waals surface area contributed by atoms with Crippen LogP contribution in [0.25, 0.3) is 0 Å². The molecule has 1 aromatic rings. The lowest BCUT2D eigenvalue weighted by Crippen LogP contribution is -2.36. The SMILES string of the molecule is CC(C(=O)NCc1csc(=O)[nH]1)C(N)=NO. The molecule has 0 aliphatic carbocycles. The lowest BCUT2D eigenvalue weighted by molar-refractivity contribution is -0.122. The maximum absolute atomic E-state index is 11.5. The molecule has 16 heavy (non-hydrogen) atoms. The molecule has 0 aromatic carbocycles. The van der Waals surface area contributed by atoms with Crippen molar-refractivity contribution >= 4 is 23.1 Å². The summed E-state index contributed by atoms with van der Waals surface area (Å²) in [5.41, 5.74) is 5.89. The van der Waals surface area contributed by atoms with Gasteiger partial charge in [0.1, 0.15) is 0 Å². The number of thiazole rings is 1. The van der Waals surface area contributed by atoms with Crippen molar-refractivity contribution in [2.75, 3.05) is 0 Å². The number of hydrogen-bond acceptors (Lipinski definition) is 5. The molecule has 1 heterocycles. The van der Waals surface area contributed by atoms with E-state index in [1.807, 2.05) is 0 Å². The normalized spacial score (nSPS) is 13.4. The highest BCUT2D eigenvalue weighted by Gasteiger charge is 2.17. The number of H-pyrrole nitrogens is 1. The van der Waals surface area contributed by atoms with E-state index in [-0.39, 0.29) is 23.2 Å². The summed E-state index contributed by atoms with van der Waals surface area (Å²) in [6.45, 7) is 1.72. The van der Waals surface area contributed by atoms with Crippen molar-refractivity contribution in [2.24, 2.45) is 16.8 Å². The van der Waals surface area contributed by atoms with Crippen molar-refractivity contribution in [1.82, 2.24) is 10.3 Å². The van der Waals surface area contributed by atoms with Gasteiger partial charge in [-0.3, -0.25) is 9.59 Å². The van der Waals surface area contributed by atoms with Crippen molar-refractivity contribution in [2.45, 2.75) is 13.5 Å². The summed E-state index contributed by atoms with van der Waals surface area (Å²) in [5.74, 6) is -1.24. The summed E-state index contributed by atoms with van der Waals surface area (Å²) in [4.78, 5) is 24.6. The molecule has 0 fully saturated rings. The van der Waals surface area contributed by atoms with Crippen LogP contribution in [0.4, 0.5) is 0 Å². The van der Waals surface area contributed by atoms with Gasteiger partial charge in [0, 0.05) is 11.1 Å². The van der Waals surface area contributed by atoms with Crippen LogP contribution in [0, 0.1) is 5.92 Å². The first kappa shape index (κ1) is 12.2. The van der Waals surface area contributed by atoms with Gasteiger partial charge in [0.2, 0.25) is 5.91 Å². The van der Waals surface area contributed by atoms with Crippen molar-refractivity contribution in [1.29, 1.82) is 0 Å². The van der Waals surface area contributed by atoms with E-state index in [1.165, 1.54) is 6.92 Å². The Hall–Kier alpha value is -1.83. The lowest BCUT2D eigenvalue weighted by atomic mass is 10.1. The Labute approximate surface area is 95.0 Å². The topological polar surface area (TPSA) is 121 Å². The van der Waals surface area contributed by atoms with Crippen LogP contribution in [-0.4, -0.2) is 21.9 Å². The van der Waals surface area contributed by atoms with Crippen LogP contribution in [-0.2, 0) is 11.3 Å². The predicted octanol–water partition coefficient (Wildman–Crippen LogP) is -0.565. The molecule has 1 rings (SSSR count). The summed E-state index contributed by atoms with van der Waals surface area (Å²) in [6, 6.07) is 0. The second-order valence-electron chi connectivity index (χ2n) is 3.14. The molecule has 0 saturated heterocycles. The predicted molar refractivity (Wildman–Crippen MR) is 59.4 cm³/mol. The second-order valence-corrected chi connectivity index (χ2v) is 3.98. The molecule has 0 saturated carbocycles. The molecule has 0 bridgehead atoms. The molecule has 0 aliphatic rings. The van der Waals surface area contributed by atoms with E-state index in [0.29, 0.717) is 5.69 Å². The van der Waals surface area contributed by atoms with Crippen LogP contribution in [0.15, 0.2) is 15.3 Å². The van der Waals surface area contributed by atoms with Gasteiger partial charge in [-0.05, 0) is 6.92 Å². The number of carbonyl (C=O) groups is 1. The molecule has 8 heteroatoms. The number of nitrogens with zero attached hydrogens (tertiary/aromatic N) is 1. The fourth-order valence-electron chi connectivity index (χ4n) is 0.957. The van der Waals surface area contributed by atoms with Gasteiger partial charge in [-0.15, -0.1) is 0 Å². The molecule has 1 unspecified atom stereocenters. The smallest absolute Gasteiger partial charge is 0.304 e. The average Bonchev–Trinajstić information content (AvgIpc) is 2.69. The van der Waals surface area contributed by atoms with E-state index in [4.69, 9.17) is 10.9 Å². The maximum Gasteiger partial charge on any atom is 0.304 e. The zero-order valence-corrected chi connectivity index (χ0v) is 9.37. The standard InChI is InChI=1S/C8H12N4O3S/c1-4(6(9)12-15)7(13)10-2-5-3-16-8(14)11-5/h3-4,15H,2H2,1H3,(H2,9,12)(H,10,13)(H,11,14). The quantitative estimate of drug-likeness (QED) is 0.245. The summed E-state index contributed by atoms with van der Waals surface area (Å²) in [7, 11) is 0. The molecular weight excluding hydrogens is 232 g/mol. The van der Waals surface area contributed by atoms with Crippen LogP contribution < -0.4 is 15.9 Å². The molecule has 1 amide bonds. The molecule has 0 radical (unpaired) electrons. The van der Waals surface area contributed by atoms with Gasteiger partial charge in [0.15, 0.2) is 5.84 Å². The molecule has 88 valence electrons. The first-order valence-electron chi connectivity index (χ1n) is 4.46. The fourth-order valence-corrected chi connectivity index (χ4v) is 1.54. The number of nitrogens with one attached hydrogen (secondary N) is 2. The van der Waals surface area contributed by atoms with Crippen molar-refractivity contribution < 1.29 is 10.0 Å². The van der Waals surface area contributed by atoms with E-state index in [2.05, 4.69) is 15.5 Å². The number of rotatable bonds is 4. The minimum absolute atomic E-state index is 0.156. The van der Waals surface area contributed by atoms with Gasteiger partial charge in [-0.2, -0.15) is 0 Å². The van der Waals surface area contributed by atoms with Gasteiger partial charge in [-0.1, -0.05) is 16.5 Å². The summed E-state index contributed by atoms with van der Waals surface area (Å²) in [6.07, 6.45) is 0. The molecular formula is C8H12N4O3S. The molecule has 5 N–H and O–H groups in total. The minimum atomic E-state index is -0.713. The fraction of sp³-hybridized carbons (Fsp3) is 0.375. The van der Waals surface area contributed by atoms with E-state index in [1.54, 1.807) is 5.38 Å². The first-order chi connectivity index (χ1) is 7.54. The summed E-state index contributed by atoms with van der Waals surface area (Å²) < 4.78 is 0. The first-order valence-corrected chi connectivity index (χ1v) is 5.34. The maximum atomic E-state index is 11.5. The Kier molecular flexibility index (Phi) is 4.06. The highest BCUT2D eigenvalue weighted by molar-refractivity contribution is 7.07. The number of aromatic amines is 1. The number of carbonyl (C=O) groups excluding carboxylic acids is 1. The number of aromatic nitrogens is 1. The van der Waals surface area contributed by atoms with Gasteiger partial charge < -0.3 is 21.2 Å². The van der Waals surface area contributed by atoms with Crippen LogP contribution >= 0.6 is 11.3 Å². The van der Waals surface area contributed by atoms with E-state index >= 15 is 0 Å². The van der Waals surface area contributed by atoms with E-state index in [0.717, 1.165) is 11.3 Å². The Balaban J connectivity index is 2.50. The monoisotopic (exact) mass is 244 g/mol. The van der Waals surface area contributed by atoms with Crippen molar-refractivity contribution in [3.05, 3.63) is 20.7 Å². The molecule has 7 nitrogen and oxygen atoms in total. The Morgan fingerprint density at radius 3 is 3.00 bits per heavy atom.